The maximum absolute atomic E-state index is 12.7. The van der Waals surface area contributed by atoms with Gasteiger partial charge in [-0.2, -0.15) is 0 Å². The molecule has 1 atom stereocenters. The van der Waals surface area contributed by atoms with Gasteiger partial charge in [-0.15, -0.1) is 11.3 Å². The standard InChI is InChI=1S/C23H28N4O3S/c28-20-8-4-11-26(20)12-5-13-27-15-18(9-10-21(27)29)22(30)24-14-19-16-31-23(25-19)17-6-2-1-3-7-17/h1-3,6-7,16,18H,4-5,8-15H2,(H,24,30)/t18-/m0/s1. The van der Waals surface area contributed by atoms with Crippen LogP contribution in [-0.4, -0.2) is 58.7 Å². The maximum Gasteiger partial charge on any atom is 0.225 e. The summed E-state index contributed by atoms with van der Waals surface area (Å²) in [5.41, 5.74) is 1.92. The third-order valence-electron chi connectivity index (χ3n) is 5.91. The van der Waals surface area contributed by atoms with Crippen LogP contribution in [0.1, 0.15) is 37.8 Å². The third-order valence-corrected chi connectivity index (χ3v) is 6.85. The molecule has 164 valence electrons. The zero-order valence-corrected chi connectivity index (χ0v) is 18.4. The molecular formula is C23H28N4O3S. The Bertz CT molecular complexity index is 930. The van der Waals surface area contributed by atoms with E-state index >= 15 is 0 Å². The Morgan fingerprint density at radius 1 is 1.10 bits per heavy atom. The van der Waals surface area contributed by atoms with Crippen LogP contribution in [0.5, 0.6) is 0 Å². The summed E-state index contributed by atoms with van der Waals surface area (Å²) in [5, 5.41) is 5.90. The molecule has 3 heterocycles. The number of piperidine rings is 1. The van der Waals surface area contributed by atoms with Crippen molar-refractivity contribution in [1.29, 1.82) is 0 Å². The van der Waals surface area contributed by atoms with Crippen molar-refractivity contribution in [3.63, 3.8) is 0 Å². The zero-order valence-electron chi connectivity index (χ0n) is 17.6. The van der Waals surface area contributed by atoms with Crippen molar-refractivity contribution in [2.75, 3.05) is 26.2 Å². The molecule has 3 amide bonds. The van der Waals surface area contributed by atoms with E-state index < -0.39 is 0 Å². The van der Waals surface area contributed by atoms with Gasteiger partial charge in [0.15, 0.2) is 0 Å². The summed E-state index contributed by atoms with van der Waals surface area (Å²) in [7, 11) is 0. The second-order valence-corrected chi connectivity index (χ2v) is 9.00. The van der Waals surface area contributed by atoms with Crippen LogP contribution in [-0.2, 0) is 20.9 Å². The zero-order chi connectivity index (χ0) is 21.6. The lowest BCUT2D eigenvalue weighted by atomic mass is 9.96. The smallest absolute Gasteiger partial charge is 0.225 e. The fraction of sp³-hybridized carbons (Fsp3) is 0.478. The Morgan fingerprint density at radius 3 is 2.65 bits per heavy atom. The number of hydrogen-bond acceptors (Lipinski definition) is 5. The number of benzene rings is 1. The molecule has 1 aromatic heterocycles. The quantitative estimate of drug-likeness (QED) is 0.684. The van der Waals surface area contributed by atoms with Crippen molar-refractivity contribution in [3.8, 4) is 10.6 Å². The van der Waals surface area contributed by atoms with Gasteiger partial charge in [-0.05, 0) is 19.3 Å². The van der Waals surface area contributed by atoms with E-state index in [-0.39, 0.29) is 23.6 Å². The van der Waals surface area contributed by atoms with Crippen molar-refractivity contribution in [2.45, 2.75) is 38.6 Å². The average Bonchev–Trinajstić information content (AvgIpc) is 3.43. The van der Waals surface area contributed by atoms with Crippen LogP contribution in [0.15, 0.2) is 35.7 Å². The number of amides is 3. The number of likely N-dealkylation sites (tertiary alicyclic amines) is 2. The summed E-state index contributed by atoms with van der Waals surface area (Å²) in [6.45, 7) is 2.95. The van der Waals surface area contributed by atoms with Crippen molar-refractivity contribution >= 4 is 29.1 Å². The number of carbonyl (C=O) groups excluding carboxylic acids is 3. The minimum atomic E-state index is -0.196. The molecule has 0 bridgehead atoms. The number of hydrogen-bond donors (Lipinski definition) is 1. The Labute approximate surface area is 186 Å². The van der Waals surface area contributed by atoms with E-state index in [0.717, 1.165) is 35.7 Å². The molecule has 0 aliphatic carbocycles. The summed E-state index contributed by atoms with van der Waals surface area (Å²) >= 11 is 1.57. The van der Waals surface area contributed by atoms with Crippen LogP contribution in [0.3, 0.4) is 0 Å². The van der Waals surface area contributed by atoms with Gasteiger partial charge in [0.25, 0.3) is 0 Å². The molecule has 2 saturated heterocycles. The highest BCUT2D eigenvalue weighted by molar-refractivity contribution is 7.13. The van der Waals surface area contributed by atoms with Crippen molar-refractivity contribution < 1.29 is 14.4 Å². The van der Waals surface area contributed by atoms with Crippen LogP contribution in [0.2, 0.25) is 0 Å². The van der Waals surface area contributed by atoms with Crippen molar-refractivity contribution in [2.24, 2.45) is 5.92 Å². The summed E-state index contributed by atoms with van der Waals surface area (Å²) in [4.78, 5) is 45.0. The first kappa shape index (κ1) is 21.5. The minimum Gasteiger partial charge on any atom is -0.350 e. The van der Waals surface area contributed by atoms with Gasteiger partial charge < -0.3 is 15.1 Å². The molecule has 1 aromatic carbocycles. The molecular weight excluding hydrogens is 412 g/mol. The van der Waals surface area contributed by atoms with E-state index in [2.05, 4.69) is 10.3 Å². The van der Waals surface area contributed by atoms with Gasteiger partial charge >= 0.3 is 0 Å². The Hall–Kier alpha value is -2.74. The monoisotopic (exact) mass is 440 g/mol. The molecule has 0 saturated carbocycles. The Kier molecular flexibility index (Phi) is 6.96. The minimum absolute atomic E-state index is 0.0264. The Morgan fingerprint density at radius 2 is 1.87 bits per heavy atom. The molecule has 0 spiro atoms. The van der Waals surface area contributed by atoms with Gasteiger partial charge in [0.1, 0.15) is 5.01 Å². The predicted octanol–water partition coefficient (Wildman–Crippen LogP) is 2.68. The second-order valence-electron chi connectivity index (χ2n) is 8.14. The first-order valence-electron chi connectivity index (χ1n) is 10.9. The first-order chi connectivity index (χ1) is 15.1. The van der Waals surface area contributed by atoms with E-state index in [0.29, 0.717) is 45.4 Å². The predicted molar refractivity (Wildman–Crippen MR) is 119 cm³/mol. The van der Waals surface area contributed by atoms with Crippen LogP contribution >= 0.6 is 11.3 Å². The largest absolute Gasteiger partial charge is 0.350 e. The number of thiazole rings is 1. The highest BCUT2D eigenvalue weighted by Crippen LogP contribution is 2.23. The molecule has 2 aromatic rings. The van der Waals surface area contributed by atoms with Crippen LogP contribution < -0.4 is 5.32 Å². The second kappa shape index (κ2) is 10.0. The fourth-order valence-corrected chi connectivity index (χ4v) is 4.99. The molecule has 0 unspecified atom stereocenters. The normalized spacial score (nSPS) is 19.2. The van der Waals surface area contributed by atoms with Gasteiger partial charge in [-0.25, -0.2) is 4.98 Å². The van der Waals surface area contributed by atoms with Crippen molar-refractivity contribution in [1.82, 2.24) is 20.1 Å². The lowest BCUT2D eigenvalue weighted by Gasteiger charge is -2.32. The molecule has 2 aliphatic heterocycles. The summed E-state index contributed by atoms with van der Waals surface area (Å²) in [6.07, 6.45) is 3.30. The van der Waals surface area contributed by atoms with Gasteiger partial charge in [-0.3, -0.25) is 14.4 Å². The highest BCUT2D eigenvalue weighted by Gasteiger charge is 2.30. The van der Waals surface area contributed by atoms with E-state index in [1.165, 1.54) is 0 Å². The van der Waals surface area contributed by atoms with Gasteiger partial charge in [0, 0.05) is 50.0 Å². The van der Waals surface area contributed by atoms with Gasteiger partial charge in [0.2, 0.25) is 17.7 Å². The lowest BCUT2D eigenvalue weighted by molar-refractivity contribution is -0.138. The van der Waals surface area contributed by atoms with Crippen LogP contribution in [0.4, 0.5) is 0 Å². The van der Waals surface area contributed by atoms with Gasteiger partial charge in [0.05, 0.1) is 18.2 Å². The highest BCUT2D eigenvalue weighted by atomic mass is 32.1. The van der Waals surface area contributed by atoms with E-state index in [9.17, 15) is 14.4 Å². The molecule has 2 fully saturated rings. The van der Waals surface area contributed by atoms with Crippen molar-refractivity contribution in [3.05, 3.63) is 41.4 Å². The third kappa shape index (κ3) is 5.50. The molecule has 2 aliphatic rings. The summed E-state index contributed by atoms with van der Waals surface area (Å²) in [5.74, 6) is 0.0864. The lowest BCUT2D eigenvalue weighted by Crippen LogP contribution is -2.46. The van der Waals surface area contributed by atoms with Gasteiger partial charge in [-0.1, -0.05) is 30.3 Å². The molecule has 8 heteroatoms. The maximum atomic E-state index is 12.7. The topological polar surface area (TPSA) is 82.6 Å². The molecule has 1 N–H and O–H groups in total. The number of nitrogens with zero attached hydrogens (tertiary/aromatic N) is 3. The Balaban J connectivity index is 1.24. The number of rotatable bonds is 8. The summed E-state index contributed by atoms with van der Waals surface area (Å²) < 4.78 is 0. The first-order valence-corrected chi connectivity index (χ1v) is 11.8. The van der Waals surface area contributed by atoms with E-state index in [4.69, 9.17) is 0 Å². The number of aromatic nitrogens is 1. The van der Waals surface area contributed by atoms with Crippen LogP contribution in [0.25, 0.3) is 10.6 Å². The molecule has 4 rings (SSSR count). The molecule has 0 radical (unpaired) electrons. The number of carbonyl (C=O) groups is 3. The van der Waals surface area contributed by atoms with E-state index in [1.807, 2.05) is 40.6 Å². The van der Waals surface area contributed by atoms with Crippen LogP contribution in [0, 0.1) is 5.92 Å². The van der Waals surface area contributed by atoms with E-state index in [1.54, 1.807) is 16.2 Å². The average molecular weight is 441 g/mol. The fourth-order valence-electron chi connectivity index (χ4n) is 4.16. The SMILES string of the molecule is O=C(NCc1csc(-c2ccccc2)n1)[C@H]1CCC(=O)N(CCCN2CCCC2=O)C1. The summed E-state index contributed by atoms with van der Waals surface area (Å²) in [6, 6.07) is 9.99. The molecule has 31 heavy (non-hydrogen) atoms. The molecule has 7 nitrogen and oxygen atoms in total. The number of nitrogens with one attached hydrogen (secondary N) is 1.